The molecule has 0 aliphatic carbocycles. The van der Waals surface area contributed by atoms with Crippen molar-refractivity contribution in [2.45, 2.75) is 12.8 Å². The van der Waals surface area contributed by atoms with Gasteiger partial charge in [-0.05, 0) is 24.8 Å². The lowest BCUT2D eigenvalue weighted by atomic mass is 9.98. The van der Waals surface area contributed by atoms with Crippen LogP contribution in [-0.2, 0) is 0 Å². The zero-order valence-electron chi connectivity index (χ0n) is 10.2. The average molecular weight is 250 g/mol. The number of nitrogens with zero attached hydrogens (tertiary/aromatic N) is 3. The van der Waals surface area contributed by atoms with Crippen LogP contribution in [0, 0.1) is 5.92 Å². The molecule has 2 heterocycles. The van der Waals surface area contributed by atoms with Gasteiger partial charge in [-0.1, -0.05) is 5.16 Å². The second kappa shape index (κ2) is 5.68. The second-order valence-electron chi connectivity index (χ2n) is 4.51. The molecule has 1 saturated heterocycles. The number of aromatic nitrogens is 1. The van der Waals surface area contributed by atoms with E-state index in [1.807, 2.05) is 0 Å². The molecule has 18 heavy (non-hydrogen) atoms. The lowest BCUT2D eigenvalue weighted by Gasteiger charge is -2.34. The Morgan fingerprint density at radius 2 is 2.44 bits per heavy atom. The van der Waals surface area contributed by atoms with E-state index in [1.165, 1.54) is 0 Å². The van der Waals surface area contributed by atoms with Gasteiger partial charge in [0, 0.05) is 31.5 Å². The van der Waals surface area contributed by atoms with E-state index in [4.69, 9.17) is 10.9 Å². The van der Waals surface area contributed by atoms with Gasteiger partial charge in [0.05, 0.1) is 11.9 Å². The van der Waals surface area contributed by atoms with E-state index in [2.05, 4.69) is 15.0 Å². The number of amidine groups is 1. The van der Waals surface area contributed by atoms with Crippen LogP contribution in [0.2, 0.25) is 0 Å². The molecule has 1 atom stereocenters. The molecule has 4 N–H and O–H groups in total. The summed E-state index contributed by atoms with van der Waals surface area (Å²) in [5.41, 5.74) is 7.19. The highest BCUT2D eigenvalue weighted by Crippen LogP contribution is 2.25. The highest BCUT2D eigenvalue weighted by Gasteiger charge is 2.22. The fourth-order valence-corrected chi connectivity index (χ4v) is 2.34. The Hall–Kier alpha value is -1.82. The van der Waals surface area contributed by atoms with Crippen molar-refractivity contribution in [3.05, 3.63) is 24.0 Å². The van der Waals surface area contributed by atoms with Crippen molar-refractivity contribution in [1.82, 2.24) is 4.98 Å². The minimum atomic E-state index is 0.0820. The van der Waals surface area contributed by atoms with Gasteiger partial charge < -0.3 is 20.9 Å². The van der Waals surface area contributed by atoms with Gasteiger partial charge in [0.2, 0.25) is 0 Å². The van der Waals surface area contributed by atoms with Gasteiger partial charge in [-0.15, -0.1) is 0 Å². The number of pyridine rings is 1. The van der Waals surface area contributed by atoms with Crippen molar-refractivity contribution < 1.29 is 10.3 Å². The molecule has 1 aliphatic rings. The van der Waals surface area contributed by atoms with E-state index < -0.39 is 0 Å². The number of oxime groups is 1. The Morgan fingerprint density at radius 3 is 3.17 bits per heavy atom. The van der Waals surface area contributed by atoms with Crippen molar-refractivity contribution in [3.8, 4) is 0 Å². The molecule has 6 heteroatoms. The molecule has 1 aromatic rings. The van der Waals surface area contributed by atoms with Crippen LogP contribution in [0.5, 0.6) is 0 Å². The quantitative estimate of drug-likeness (QED) is 0.312. The molecule has 1 aromatic heterocycles. The van der Waals surface area contributed by atoms with Crippen molar-refractivity contribution in [2.75, 3.05) is 24.6 Å². The highest BCUT2D eigenvalue weighted by molar-refractivity contribution is 6.02. The van der Waals surface area contributed by atoms with Crippen LogP contribution < -0.4 is 10.6 Å². The maximum Gasteiger partial charge on any atom is 0.172 e. The van der Waals surface area contributed by atoms with Gasteiger partial charge in [-0.3, -0.25) is 4.98 Å². The zero-order valence-corrected chi connectivity index (χ0v) is 10.2. The minimum absolute atomic E-state index is 0.0820. The Balaban J connectivity index is 2.27. The maximum atomic E-state index is 9.25. The van der Waals surface area contributed by atoms with Crippen molar-refractivity contribution in [3.63, 3.8) is 0 Å². The largest absolute Gasteiger partial charge is 0.409 e. The summed E-state index contributed by atoms with van der Waals surface area (Å²) in [4.78, 5) is 6.22. The van der Waals surface area contributed by atoms with Gasteiger partial charge >= 0.3 is 0 Å². The first-order chi connectivity index (χ1) is 8.76. The predicted octanol–water partition coefficient (Wildman–Crippen LogP) is 0.385. The maximum absolute atomic E-state index is 9.25. The molecular weight excluding hydrogens is 232 g/mol. The van der Waals surface area contributed by atoms with Crippen LogP contribution in [0.15, 0.2) is 23.6 Å². The number of aliphatic hydroxyl groups excluding tert-OH is 1. The fraction of sp³-hybridized carbons (Fsp3) is 0.500. The summed E-state index contributed by atoms with van der Waals surface area (Å²) in [6, 6.07) is 1.73. The lowest BCUT2D eigenvalue weighted by molar-refractivity contribution is 0.208. The number of aliphatic hydroxyl groups is 1. The second-order valence-corrected chi connectivity index (χ2v) is 4.51. The molecule has 0 bridgehead atoms. The minimum Gasteiger partial charge on any atom is -0.409 e. The molecule has 98 valence electrons. The standard InChI is InChI=1S/C12H18N4O2/c13-12(15-18)10-3-4-14-6-11(10)16-5-1-2-9(7-16)8-17/h3-4,6,9,17-18H,1-2,5,7-8H2,(H2,13,15). The third-order valence-electron chi connectivity index (χ3n) is 3.30. The van der Waals surface area contributed by atoms with E-state index in [0.29, 0.717) is 5.56 Å². The molecule has 0 radical (unpaired) electrons. The first-order valence-corrected chi connectivity index (χ1v) is 6.04. The summed E-state index contributed by atoms with van der Waals surface area (Å²) < 4.78 is 0. The van der Waals surface area contributed by atoms with Crippen LogP contribution in [0.1, 0.15) is 18.4 Å². The molecule has 0 spiro atoms. The average Bonchev–Trinajstić information content (AvgIpc) is 2.46. The predicted molar refractivity (Wildman–Crippen MR) is 68.8 cm³/mol. The first kappa shape index (κ1) is 12.6. The molecule has 0 saturated carbocycles. The van der Waals surface area contributed by atoms with E-state index in [-0.39, 0.29) is 18.4 Å². The first-order valence-electron chi connectivity index (χ1n) is 6.04. The van der Waals surface area contributed by atoms with Crippen LogP contribution in [0.25, 0.3) is 0 Å². The summed E-state index contributed by atoms with van der Waals surface area (Å²) >= 11 is 0. The number of hydrogen-bond acceptors (Lipinski definition) is 5. The van der Waals surface area contributed by atoms with Gasteiger partial charge in [0.25, 0.3) is 0 Å². The number of piperidine rings is 1. The lowest BCUT2D eigenvalue weighted by Crippen LogP contribution is -2.38. The van der Waals surface area contributed by atoms with E-state index >= 15 is 0 Å². The SMILES string of the molecule is N/C(=N/O)c1ccncc1N1CCCC(CO)C1. The fourth-order valence-electron chi connectivity index (χ4n) is 2.34. The van der Waals surface area contributed by atoms with Crippen molar-refractivity contribution >= 4 is 11.5 Å². The summed E-state index contributed by atoms with van der Waals surface area (Å²) in [5, 5.41) is 21.1. The van der Waals surface area contributed by atoms with Crippen LogP contribution in [0.3, 0.4) is 0 Å². The van der Waals surface area contributed by atoms with E-state index in [9.17, 15) is 5.11 Å². The van der Waals surface area contributed by atoms with Crippen molar-refractivity contribution in [2.24, 2.45) is 16.8 Å². The van der Waals surface area contributed by atoms with Gasteiger partial charge in [-0.25, -0.2) is 0 Å². The highest BCUT2D eigenvalue weighted by atomic mass is 16.4. The molecular formula is C12H18N4O2. The van der Waals surface area contributed by atoms with Crippen LogP contribution in [0.4, 0.5) is 5.69 Å². The number of hydrogen-bond donors (Lipinski definition) is 3. The zero-order chi connectivity index (χ0) is 13.0. The Morgan fingerprint density at radius 1 is 1.61 bits per heavy atom. The Labute approximate surface area is 106 Å². The molecule has 6 nitrogen and oxygen atoms in total. The van der Waals surface area contributed by atoms with E-state index in [1.54, 1.807) is 18.5 Å². The molecule has 1 aliphatic heterocycles. The summed E-state index contributed by atoms with van der Waals surface area (Å²) in [6.07, 6.45) is 5.39. The van der Waals surface area contributed by atoms with Crippen LogP contribution >= 0.6 is 0 Å². The Bertz CT molecular complexity index is 436. The smallest absolute Gasteiger partial charge is 0.172 e. The molecule has 0 amide bonds. The summed E-state index contributed by atoms with van der Waals surface area (Å²) in [7, 11) is 0. The molecule has 1 unspecified atom stereocenters. The number of rotatable bonds is 3. The van der Waals surface area contributed by atoms with Gasteiger partial charge in [0.1, 0.15) is 0 Å². The normalized spacial score (nSPS) is 21.1. The number of nitrogens with two attached hydrogens (primary N) is 1. The van der Waals surface area contributed by atoms with E-state index in [0.717, 1.165) is 31.6 Å². The summed E-state index contributed by atoms with van der Waals surface area (Å²) in [5.74, 6) is 0.359. The summed E-state index contributed by atoms with van der Waals surface area (Å²) in [6.45, 7) is 1.86. The third-order valence-corrected chi connectivity index (χ3v) is 3.30. The molecule has 1 fully saturated rings. The van der Waals surface area contributed by atoms with Gasteiger partial charge in [0.15, 0.2) is 5.84 Å². The number of anilines is 1. The topological polar surface area (TPSA) is 95.0 Å². The van der Waals surface area contributed by atoms with Crippen molar-refractivity contribution in [1.29, 1.82) is 0 Å². The van der Waals surface area contributed by atoms with Gasteiger partial charge in [-0.2, -0.15) is 0 Å². The Kier molecular flexibility index (Phi) is 3.99. The monoisotopic (exact) mass is 250 g/mol. The third kappa shape index (κ3) is 2.53. The van der Waals surface area contributed by atoms with Crippen LogP contribution in [-0.4, -0.2) is 40.8 Å². The molecule has 2 rings (SSSR count). The molecule has 0 aromatic carbocycles.